The van der Waals surface area contributed by atoms with E-state index in [1.165, 1.54) is 0 Å². The molecule has 4 aromatic carbocycles. The van der Waals surface area contributed by atoms with E-state index in [1.54, 1.807) is 0 Å². The van der Waals surface area contributed by atoms with Crippen LogP contribution < -0.4 is 0 Å². The number of hydrogen-bond donors (Lipinski definition) is 0. The molecule has 0 saturated carbocycles. The monoisotopic (exact) mass is 334 g/mol. The van der Waals surface area contributed by atoms with E-state index >= 15 is 0 Å². The second-order valence-corrected chi connectivity index (χ2v) is 6.23. The number of hydrogen-bond acceptors (Lipinski definition) is 0. The zero-order valence-electron chi connectivity index (χ0n) is 12.2. The van der Waals surface area contributed by atoms with Gasteiger partial charge in [-0.1, -0.05) is 83.9 Å². The molecule has 0 unspecified atom stereocenters. The molecule has 0 heterocycles. The van der Waals surface area contributed by atoms with E-state index in [2.05, 4.69) is 30.7 Å². The van der Waals surface area contributed by atoms with Gasteiger partial charge in [-0.3, -0.25) is 0 Å². The second-order valence-electron chi connectivity index (χ2n) is 5.41. The average molecular weight is 335 g/mol. The second kappa shape index (κ2) is 5.88. The Balaban J connectivity index is 1.95. The van der Waals surface area contributed by atoms with Gasteiger partial charge >= 0.3 is 0 Å². The minimum absolute atomic E-state index is 0.674. The van der Waals surface area contributed by atoms with E-state index in [1.807, 2.05) is 48.5 Å². The summed E-state index contributed by atoms with van der Waals surface area (Å²) in [6.45, 7) is 0. The van der Waals surface area contributed by atoms with Crippen LogP contribution in [0.1, 0.15) is 11.1 Å². The Bertz CT molecular complexity index is 935. The van der Waals surface area contributed by atoms with Gasteiger partial charge in [0.25, 0.3) is 0 Å². The van der Waals surface area contributed by atoms with Crippen molar-refractivity contribution in [2.75, 3.05) is 0 Å². The van der Waals surface area contributed by atoms with Crippen molar-refractivity contribution < 1.29 is 0 Å². The van der Waals surface area contributed by atoms with Crippen LogP contribution in [-0.4, -0.2) is 0 Å². The van der Waals surface area contributed by atoms with Crippen molar-refractivity contribution in [3.63, 3.8) is 0 Å². The van der Waals surface area contributed by atoms with E-state index in [-0.39, 0.29) is 0 Å². The topological polar surface area (TPSA) is 0 Å². The average Bonchev–Trinajstić information content (AvgIpc) is 2.59. The quantitative estimate of drug-likeness (QED) is 0.379. The third-order valence-corrected chi connectivity index (χ3v) is 4.64. The zero-order chi connectivity index (χ0) is 15.8. The summed E-state index contributed by atoms with van der Waals surface area (Å²) in [5, 5.41) is 5.76. The predicted molar refractivity (Wildman–Crippen MR) is 99.4 cm³/mol. The first kappa shape index (κ1) is 14.6. The molecule has 4 rings (SSSR count). The summed E-state index contributed by atoms with van der Waals surface area (Å²) in [5.74, 6) is 0. The maximum Gasteiger partial charge on any atom is 0.0546 e. The van der Waals surface area contributed by atoms with E-state index in [0.29, 0.717) is 10.0 Å². The zero-order valence-corrected chi connectivity index (χ0v) is 13.7. The van der Waals surface area contributed by atoms with Gasteiger partial charge in [0, 0.05) is 10.0 Å². The van der Waals surface area contributed by atoms with Crippen molar-refractivity contribution in [3.05, 3.63) is 100 Å². The van der Waals surface area contributed by atoms with Gasteiger partial charge in [0.2, 0.25) is 0 Å². The van der Waals surface area contributed by atoms with Crippen molar-refractivity contribution in [2.24, 2.45) is 0 Å². The smallest absolute Gasteiger partial charge is 0.0546 e. The lowest BCUT2D eigenvalue weighted by molar-refractivity contribution is 1.50. The maximum atomic E-state index is 6.45. The molecule has 0 bridgehead atoms. The van der Waals surface area contributed by atoms with E-state index in [4.69, 9.17) is 23.2 Å². The fourth-order valence-corrected chi connectivity index (χ4v) is 3.29. The molecule has 0 spiro atoms. The summed E-state index contributed by atoms with van der Waals surface area (Å²) in [4.78, 5) is 0. The summed E-state index contributed by atoms with van der Waals surface area (Å²) in [6, 6.07) is 24.2. The molecule has 0 N–H and O–H groups in total. The molecule has 0 fully saturated rings. The Morgan fingerprint density at radius 3 is 1.43 bits per heavy atom. The van der Waals surface area contributed by atoms with Gasteiger partial charge in [0.15, 0.2) is 0 Å². The van der Waals surface area contributed by atoms with Gasteiger partial charge in [-0.2, -0.15) is 0 Å². The normalized spacial score (nSPS) is 11.2. The molecular weight excluding hydrogens is 323 g/mol. The summed E-state index contributed by atoms with van der Waals surface area (Å²) >= 11 is 12.9. The lowest BCUT2D eigenvalue weighted by Crippen LogP contribution is -1.92. The molecular formula is C21H12Cl2. The lowest BCUT2D eigenvalue weighted by Gasteiger charge is -2.12. The van der Waals surface area contributed by atoms with Crippen LogP contribution in [-0.2, 0) is 0 Å². The van der Waals surface area contributed by atoms with Gasteiger partial charge in [-0.15, -0.1) is 0 Å². The number of benzene rings is 4. The maximum absolute atomic E-state index is 6.45. The van der Waals surface area contributed by atoms with Crippen LogP contribution in [0.25, 0.3) is 21.5 Å². The van der Waals surface area contributed by atoms with Crippen molar-refractivity contribution >= 4 is 44.7 Å². The Morgan fingerprint density at radius 1 is 0.522 bits per heavy atom. The number of halogens is 2. The van der Waals surface area contributed by atoms with Gasteiger partial charge in [-0.05, 0) is 44.8 Å². The van der Waals surface area contributed by atoms with E-state index < -0.39 is 0 Å². The molecule has 23 heavy (non-hydrogen) atoms. The third-order valence-electron chi connectivity index (χ3n) is 4.01. The molecule has 4 aromatic rings. The van der Waals surface area contributed by atoms with E-state index in [0.717, 1.165) is 32.7 Å². The fourth-order valence-electron chi connectivity index (χ4n) is 2.87. The summed E-state index contributed by atoms with van der Waals surface area (Å²) in [5.41, 5.74) is 1.76. The molecule has 0 nitrogen and oxygen atoms in total. The van der Waals surface area contributed by atoms with Crippen molar-refractivity contribution in [1.29, 1.82) is 0 Å². The van der Waals surface area contributed by atoms with E-state index in [9.17, 15) is 0 Å². The first-order valence-electron chi connectivity index (χ1n) is 7.35. The Labute approximate surface area is 145 Å². The Hall–Kier alpha value is -2.02. The minimum Gasteiger partial charge on any atom is -0.0840 e. The summed E-state index contributed by atoms with van der Waals surface area (Å²) in [6.07, 6.45) is 3.46. The van der Waals surface area contributed by atoms with Crippen molar-refractivity contribution in [2.45, 2.75) is 0 Å². The highest BCUT2D eigenvalue weighted by Crippen LogP contribution is 2.34. The van der Waals surface area contributed by atoms with Crippen LogP contribution in [0.15, 0.2) is 72.8 Å². The molecule has 110 valence electrons. The molecule has 0 aromatic heterocycles. The minimum atomic E-state index is 0.674. The SMILES string of the molecule is Clc1ccc2ccccc2c1[C]c1c(Cl)ccc2ccccc12. The predicted octanol–water partition coefficient (Wildman–Crippen LogP) is 6.78. The number of rotatable bonds is 2. The summed E-state index contributed by atoms with van der Waals surface area (Å²) < 4.78 is 0. The summed E-state index contributed by atoms with van der Waals surface area (Å²) in [7, 11) is 0. The largest absolute Gasteiger partial charge is 0.0840 e. The standard InChI is InChI=1S/C21H12Cl2/c22-20-11-9-14-5-1-3-7-16(14)18(20)13-19-17-8-4-2-6-15(17)10-12-21(19)23/h1-12H. The van der Waals surface area contributed by atoms with Crippen LogP contribution in [0, 0.1) is 6.42 Å². The van der Waals surface area contributed by atoms with Crippen LogP contribution in [0.3, 0.4) is 0 Å². The van der Waals surface area contributed by atoms with Gasteiger partial charge in [0.05, 0.1) is 6.42 Å². The Kier molecular flexibility index (Phi) is 3.72. The molecule has 0 atom stereocenters. The molecule has 2 heteroatoms. The first-order valence-corrected chi connectivity index (χ1v) is 8.11. The third kappa shape index (κ3) is 2.59. The van der Waals surface area contributed by atoms with Gasteiger partial charge in [0.1, 0.15) is 0 Å². The van der Waals surface area contributed by atoms with Gasteiger partial charge in [-0.25, -0.2) is 0 Å². The van der Waals surface area contributed by atoms with Gasteiger partial charge < -0.3 is 0 Å². The van der Waals surface area contributed by atoms with Crippen LogP contribution in [0.5, 0.6) is 0 Å². The van der Waals surface area contributed by atoms with Crippen LogP contribution in [0.4, 0.5) is 0 Å². The number of fused-ring (bicyclic) bond motifs is 2. The van der Waals surface area contributed by atoms with Crippen molar-refractivity contribution in [1.82, 2.24) is 0 Å². The first-order chi connectivity index (χ1) is 11.2. The molecule has 0 amide bonds. The highest BCUT2D eigenvalue weighted by molar-refractivity contribution is 6.34. The Morgan fingerprint density at radius 2 is 0.957 bits per heavy atom. The fraction of sp³-hybridized carbons (Fsp3) is 0. The molecule has 0 aliphatic carbocycles. The van der Waals surface area contributed by atoms with Crippen LogP contribution in [0.2, 0.25) is 10.0 Å². The molecule has 0 aliphatic rings. The highest BCUT2D eigenvalue weighted by Gasteiger charge is 2.13. The van der Waals surface area contributed by atoms with Crippen molar-refractivity contribution in [3.8, 4) is 0 Å². The molecule has 0 saturated heterocycles. The molecule has 0 aliphatic heterocycles. The highest BCUT2D eigenvalue weighted by atomic mass is 35.5. The molecule has 2 radical (unpaired) electrons. The lowest BCUT2D eigenvalue weighted by atomic mass is 9.95. The van der Waals surface area contributed by atoms with Crippen LogP contribution >= 0.6 is 23.2 Å².